The smallest absolute Gasteiger partial charge is 0.269 e. The van der Waals surface area contributed by atoms with Crippen LogP contribution in [0.2, 0.25) is 0 Å². The molecule has 0 radical (unpaired) electrons. The van der Waals surface area contributed by atoms with E-state index in [0.717, 1.165) is 12.1 Å². The molecule has 112 valence electrons. The highest BCUT2D eigenvalue weighted by Gasteiger charge is 2.28. The molecule has 0 saturated heterocycles. The minimum atomic E-state index is -1.15. The van der Waals surface area contributed by atoms with E-state index in [0.29, 0.717) is 5.69 Å². The number of hydrogen-bond donors (Lipinski definition) is 0. The van der Waals surface area contributed by atoms with Crippen LogP contribution in [0.3, 0.4) is 0 Å². The summed E-state index contributed by atoms with van der Waals surface area (Å²) >= 11 is 0. The largest absolute Gasteiger partial charge is 0.472 e. The Bertz CT molecular complexity index is 777. The molecule has 0 aliphatic carbocycles. The second-order valence-electron chi connectivity index (χ2n) is 4.54. The first kappa shape index (κ1) is 13.9. The molecule has 1 amide bonds. The SMILES string of the molecule is O=C1c2cc(F)c(F)cc2OCN1c1ccc([N+](=O)[O-])cc1. The molecule has 0 unspecified atom stereocenters. The van der Waals surface area contributed by atoms with Gasteiger partial charge in [0.1, 0.15) is 5.75 Å². The first-order valence-electron chi connectivity index (χ1n) is 6.15. The number of amides is 1. The summed E-state index contributed by atoms with van der Waals surface area (Å²) in [6.45, 7) is -0.200. The molecule has 6 nitrogen and oxygen atoms in total. The number of carbonyl (C=O) groups excluding carboxylic acids is 1. The van der Waals surface area contributed by atoms with Crippen molar-refractivity contribution in [1.82, 2.24) is 0 Å². The van der Waals surface area contributed by atoms with Gasteiger partial charge < -0.3 is 4.74 Å². The maximum absolute atomic E-state index is 13.3. The monoisotopic (exact) mass is 306 g/mol. The van der Waals surface area contributed by atoms with Crippen LogP contribution in [0.25, 0.3) is 0 Å². The molecule has 2 aromatic rings. The van der Waals surface area contributed by atoms with Gasteiger partial charge in [-0.3, -0.25) is 19.8 Å². The molecule has 1 aliphatic heterocycles. The predicted molar refractivity (Wildman–Crippen MR) is 71.8 cm³/mol. The highest BCUT2D eigenvalue weighted by atomic mass is 19.2. The zero-order valence-corrected chi connectivity index (χ0v) is 11.0. The minimum absolute atomic E-state index is 0.0398. The Balaban J connectivity index is 1.95. The van der Waals surface area contributed by atoms with Crippen LogP contribution >= 0.6 is 0 Å². The maximum Gasteiger partial charge on any atom is 0.269 e. The Morgan fingerprint density at radius 2 is 1.77 bits per heavy atom. The zero-order valence-electron chi connectivity index (χ0n) is 11.0. The van der Waals surface area contributed by atoms with Gasteiger partial charge in [-0.1, -0.05) is 0 Å². The number of fused-ring (bicyclic) bond motifs is 1. The summed E-state index contributed by atoms with van der Waals surface area (Å²) in [6.07, 6.45) is 0. The molecule has 22 heavy (non-hydrogen) atoms. The van der Waals surface area contributed by atoms with Crippen molar-refractivity contribution in [2.45, 2.75) is 0 Å². The van der Waals surface area contributed by atoms with Crippen LogP contribution in [0.1, 0.15) is 10.4 Å². The van der Waals surface area contributed by atoms with Gasteiger partial charge in [-0.25, -0.2) is 8.78 Å². The van der Waals surface area contributed by atoms with Crippen LogP contribution < -0.4 is 9.64 Å². The number of rotatable bonds is 2. The van der Waals surface area contributed by atoms with Gasteiger partial charge in [0.25, 0.3) is 11.6 Å². The predicted octanol–water partition coefficient (Wildman–Crippen LogP) is 2.87. The summed E-state index contributed by atoms with van der Waals surface area (Å²) in [5.41, 5.74) is 0.122. The fourth-order valence-corrected chi connectivity index (χ4v) is 2.10. The van der Waals surface area contributed by atoms with Crippen molar-refractivity contribution < 1.29 is 23.2 Å². The molecule has 8 heteroatoms. The van der Waals surface area contributed by atoms with E-state index in [9.17, 15) is 23.7 Å². The van der Waals surface area contributed by atoms with E-state index in [1.807, 2.05) is 0 Å². The molecular formula is C14H8F2N2O4. The molecule has 0 aromatic heterocycles. The third-order valence-electron chi connectivity index (χ3n) is 3.22. The standard InChI is InChI=1S/C14H8F2N2O4/c15-11-5-10-13(6-12(11)16)22-7-17(14(10)19)8-1-3-9(4-2-8)18(20)21/h1-6H,7H2. The summed E-state index contributed by atoms with van der Waals surface area (Å²) in [6, 6.07) is 6.82. The van der Waals surface area contributed by atoms with Crippen molar-refractivity contribution in [3.05, 3.63) is 63.7 Å². The minimum Gasteiger partial charge on any atom is -0.472 e. The van der Waals surface area contributed by atoms with Gasteiger partial charge in [0.05, 0.1) is 10.5 Å². The van der Waals surface area contributed by atoms with Gasteiger partial charge in [-0.2, -0.15) is 0 Å². The van der Waals surface area contributed by atoms with E-state index in [4.69, 9.17) is 4.74 Å². The third-order valence-corrected chi connectivity index (χ3v) is 3.22. The molecule has 0 N–H and O–H groups in total. The number of nitro groups is 1. The average molecular weight is 306 g/mol. The topological polar surface area (TPSA) is 72.7 Å². The highest BCUT2D eigenvalue weighted by Crippen LogP contribution is 2.30. The van der Waals surface area contributed by atoms with Crippen molar-refractivity contribution in [2.24, 2.45) is 0 Å². The number of halogens is 2. The number of benzene rings is 2. The van der Waals surface area contributed by atoms with Gasteiger partial charge in [0.15, 0.2) is 18.4 Å². The summed E-state index contributed by atoms with van der Waals surface area (Å²) < 4.78 is 31.6. The number of anilines is 1. The molecule has 0 spiro atoms. The lowest BCUT2D eigenvalue weighted by Crippen LogP contribution is -2.38. The number of ether oxygens (including phenoxy) is 1. The normalized spacial score (nSPS) is 13.5. The Morgan fingerprint density at radius 3 is 2.41 bits per heavy atom. The first-order valence-corrected chi connectivity index (χ1v) is 6.15. The molecule has 3 rings (SSSR count). The molecule has 0 bridgehead atoms. The van der Waals surface area contributed by atoms with Crippen LogP contribution in [0.5, 0.6) is 5.75 Å². The van der Waals surface area contributed by atoms with Crippen molar-refractivity contribution >= 4 is 17.3 Å². The van der Waals surface area contributed by atoms with Crippen molar-refractivity contribution in [1.29, 1.82) is 0 Å². The Kier molecular flexibility index (Phi) is 3.21. The van der Waals surface area contributed by atoms with Gasteiger partial charge in [0.2, 0.25) is 0 Å². The lowest BCUT2D eigenvalue weighted by atomic mass is 10.1. The number of hydrogen-bond acceptors (Lipinski definition) is 4. The van der Waals surface area contributed by atoms with Gasteiger partial charge in [0, 0.05) is 23.9 Å². The van der Waals surface area contributed by atoms with Crippen molar-refractivity contribution in [3.8, 4) is 5.75 Å². The number of nitro benzene ring substituents is 1. The second-order valence-corrected chi connectivity index (χ2v) is 4.54. The van der Waals surface area contributed by atoms with Crippen LogP contribution in [0, 0.1) is 21.7 Å². The van der Waals surface area contributed by atoms with Crippen LogP contribution in [-0.4, -0.2) is 17.6 Å². The average Bonchev–Trinajstić information content (AvgIpc) is 2.50. The maximum atomic E-state index is 13.3. The lowest BCUT2D eigenvalue weighted by Gasteiger charge is -2.28. The van der Waals surface area contributed by atoms with Crippen LogP contribution in [0.15, 0.2) is 36.4 Å². The summed E-state index contributed by atoms with van der Waals surface area (Å²) in [7, 11) is 0. The molecule has 0 fully saturated rings. The molecule has 1 heterocycles. The summed E-state index contributed by atoms with van der Waals surface area (Å²) in [5.74, 6) is -2.87. The molecule has 0 atom stereocenters. The number of carbonyl (C=O) groups is 1. The van der Waals surface area contributed by atoms with E-state index in [1.54, 1.807) is 0 Å². The van der Waals surface area contributed by atoms with Crippen molar-refractivity contribution in [3.63, 3.8) is 0 Å². The Hall–Kier alpha value is -3.03. The van der Waals surface area contributed by atoms with E-state index >= 15 is 0 Å². The van der Waals surface area contributed by atoms with Gasteiger partial charge in [-0.05, 0) is 18.2 Å². The molecule has 2 aromatic carbocycles. The fraction of sp³-hybridized carbons (Fsp3) is 0.0714. The van der Waals surface area contributed by atoms with Gasteiger partial charge >= 0.3 is 0 Å². The summed E-state index contributed by atoms with van der Waals surface area (Å²) in [5, 5.41) is 10.6. The fourth-order valence-electron chi connectivity index (χ4n) is 2.10. The Morgan fingerprint density at radius 1 is 1.14 bits per heavy atom. The number of nitrogens with zero attached hydrogens (tertiary/aromatic N) is 2. The highest BCUT2D eigenvalue weighted by molar-refractivity contribution is 6.08. The number of non-ortho nitro benzene ring substituents is 1. The van der Waals surface area contributed by atoms with Crippen molar-refractivity contribution in [2.75, 3.05) is 11.6 Å². The lowest BCUT2D eigenvalue weighted by molar-refractivity contribution is -0.384. The van der Waals surface area contributed by atoms with E-state index in [1.165, 1.54) is 29.2 Å². The summed E-state index contributed by atoms with van der Waals surface area (Å²) in [4.78, 5) is 23.5. The second kappa shape index (κ2) is 5.06. The van der Waals surface area contributed by atoms with E-state index in [2.05, 4.69) is 0 Å². The van der Waals surface area contributed by atoms with Gasteiger partial charge in [-0.15, -0.1) is 0 Å². The first-order chi connectivity index (χ1) is 10.5. The molecule has 0 saturated carbocycles. The quantitative estimate of drug-likeness (QED) is 0.631. The zero-order chi connectivity index (χ0) is 15.9. The molecule has 1 aliphatic rings. The van der Waals surface area contributed by atoms with E-state index in [-0.39, 0.29) is 23.7 Å². The third kappa shape index (κ3) is 2.24. The van der Waals surface area contributed by atoms with Crippen LogP contribution in [-0.2, 0) is 0 Å². The molecular weight excluding hydrogens is 298 g/mol. The Labute approximate surface area is 122 Å². The van der Waals surface area contributed by atoms with E-state index < -0.39 is 22.5 Å². The van der Waals surface area contributed by atoms with Crippen LogP contribution in [0.4, 0.5) is 20.2 Å².